The quantitative estimate of drug-likeness (QED) is 0.753. The van der Waals surface area contributed by atoms with Crippen molar-refractivity contribution in [3.63, 3.8) is 0 Å². The summed E-state index contributed by atoms with van der Waals surface area (Å²) in [5, 5.41) is 8.72. The van der Waals surface area contributed by atoms with E-state index >= 15 is 0 Å². The van der Waals surface area contributed by atoms with Crippen molar-refractivity contribution in [2.45, 2.75) is 11.1 Å². The lowest BCUT2D eigenvalue weighted by Gasteiger charge is -2.10. The minimum Gasteiger partial charge on any atom is -0.484 e. The van der Waals surface area contributed by atoms with Gasteiger partial charge in [0.1, 0.15) is 11.4 Å². The molecule has 0 unspecified atom stereocenters. The summed E-state index contributed by atoms with van der Waals surface area (Å²) < 4.78 is 66.7. The van der Waals surface area contributed by atoms with E-state index in [2.05, 4.69) is 9.72 Å². The van der Waals surface area contributed by atoms with Crippen LogP contribution in [0.3, 0.4) is 0 Å². The standard InChI is InChI=1S/C15H11F3N2O6S/c16-15(17,18)8-26-10-2-4-11(5-3-10)27(24,25)20-13(21)9-1-6-12(14(22)23)19-7-9/h1-7H,8H2,(H,20,21)(H,22,23). The Bertz CT molecular complexity index is 941. The summed E-state index contributed by atoms with van der Waals surface area (Å²) in [6.45, 7) is -1.53. The smallest absolute Gasteiger partial charge is 0.422 e. The van der Waals surface area contributed by atoms with Crippen molar-refractivity contribution in [3.05, 3.63) is 53.9 Å². The minimum atomic E-state index is -4.54. The van der Waals surface area contributed by atoms with Crippen molar-refractivity contribution in [3.8, 4) is 5.75 Å². The predicted molar refractivity (Wildman–Crippen MR) is 83.8 cm³/mol. The van der Waals surface area contributed by atoms with Crippen LogP contribution in [0.15, 0.2) is 47.5 Å². The van der Waals surface area contributed by atoms with Crippen molar-refractivity contribution >= 4 is 21.9 Å². The number of pyridine rings is 1. The second-order valence-electron chi connectivity index (χ2n) is 5.05. The third-order valence-electron chi connectivity index (χ3n) is 3.01. The van der Waals surface area contributed by atoms with Gasteiger partial charge in [-0.05, 0) is 36.4 Å². The first-order valence-electron chi connectivity index (χ1n) is 7.04. The van der Waals surface area contributed by atoms with Crippen LogP contribution in [0.25, 0.3) is 0 Å². The molecule has 2 aromatic rings. The number of nitrogens with one attached hydrogen (secondary N) is 1. The van der Waals surface area contributed by atoms with Gasteiger partial charge >= 0.3 is 12.1 Å². The molecule has 0 radical (unpaired) electrons. The second kappa shape index (κ2) is 7.61. The summed E-state index contributed by atoms with van der Waals surface area (Å²) >= 11 is 0. The first kappa shape index (κ1) is 20.2. The van der Waals surface area contributed by atoms with Crippen molar-refractivity contribution in [1.82, 2.24) is 9.71 Å². The molecule has 0 atom stereocenters. The zero-order valence-corrected chi connectivity index (χ0v) is 14.0. The molecule has 27 heavy (non-hydrogen) atoms. The van der Waals surface area contributed by atoms with E-state index in [0.29, 0.717) is 0 Å². The van der Waals surface area contributed by atoms with Crippen LogP contribution in [0.5, 0.6) is 5.75 Å². The number of hydrogen-bond donors (Lipinski definition) is 2. The Labute approximate surface area is 150 Å². The topological polar surface area (TPSA) is 123 Å². The van der Waals surface area contributed by atoms with Gasteiger partial charge in [-0.1, -0.05) is 0 Å². The third-order valence-corrected chi connectivity index (χ3v) is 4.36. The maximum atomic E-state index is 12.2. The molecule has 1 heterocycles. The van der Waals surface area contributed by atoms with Gasteiger partial charge in [-0.2, -0.15) is 13.2 Å². The number of hydrogen-bond acceptors (Lipinski definition) is 6. The Morgan fingerprint density at radius 1 is 1.11 bits per heavy atom. The van der Waals surface area contributed by atoms with E-state index < -0.39 is 34.7 Å². The molecule has 0 aliphatic heterocycles. The Balaban J connectivity index is 2.09. The zero-order valence-electron chi connectivity index (χ0n) is 13.2. The number of benzene rings is 1. The number of rotatable bonds is 6. The van der Waals surface area contributed by atoms with Gasteiger partial charge in [0.2, 0.25) is 0 Å². The van der Waals surface area contributed by atoms with Gasteiger partial charge in [0.25, 0.3) is 15.9 Å². The molecule has 0 aliphatic carbocycles. The molecule has 0 saturated heterocycles. The molecule has 0 aliphatic rings. The highest BCUT2D eigenvalue weighted by Gasteiger charge is 2.28. The first-order chi connectivity index (χ1) is 12.5. The number of carbonyl (C=O) groups is 2. The Morgan fingerprint density at radius 2 is 1.74 bits per heavy atom. The van der Waals surface area contributed by atoms with Crippen molar-refractivity contribution < 1.29 is 41.0 Å². The molecule has 2 rings (SSSR count). The zero-order chi connectivity index (χ0) is 20.2. The van der Waals surface area contributed by atoms with Crippen molar-refractivity contribution in [2.75, 3.05) is 6.61 Å². The number of alkyl halides is 3. The number of halogens is 3. The summed E-state index contributed by atoms with van der Waals surface area (Å²) in [4.78, 5) is 25.8. The number of aromatic carboxylic acids is 1. The number of nitrogens with zero attached hydrogens (tertiary/aromatic N) is 1. The number of aromatic nitrogens is 1. The molecule has 12 heteroatoms. The fourth-order valence-electron chi connectivity index (χ4n) is 1.77. The number of carbonyl (C=O) groups excluding carboxylic acids is 1. The fraction of sp³-hybridized carbons (Fsp3) is 0.133. The van der Waals surface area contributed by atoms with E-state index in [0.717, 1.165) is 42.6 Å². The van der Waals surface area contributed by atoms with Crippen LogP contribution in [0.4, 0.5) is 13.2 Å². The lowest BCUT2D eigenvalue weighted by Crippen LogP contribution is -2.30. The summed E-state index contributed by atoms with van der Waals surface area (Å²) in [5.74, 6) is -2.58. The van der Waals surface area contributed by atoms with Gasteiger partial charge in [0.15, 0.2) is 6.61 Å². The van der Waals surface area contributed by atoms with E-state index in [4.69, 9.17) is 5.11 Å². The van der Waals surface area contributed by atoms with E-state index in [1.165, 1.54) is 0 Å². The number of carboxylic acid groups (broad SMARTS) is 1. The van der Waals surface area contributed by atoms with Crippen LogP contribution < -0.4 is 9.46 Å². The summed E-state index contributed by atoms with van der Waals surface area (Å²) in [6.07, 6.45) is -3.65. The average Bonchev–Trinajstić information content (AvgIpc) is 2.59. The number of amides is 1. The van der Waals surface area contributed by atoms with Crippen LogP contribution >= 0.6 is 0 Å². The molecule has 8 nitrogen and oxygen atoms in total. The first-order valence-corrected chi connectivity index (χ1v) is 8.52. The molecular weight excluding hydrogens is 393 g/mol. The van der Waals surface area contributed by atoms with Crippen molar-refractivity contribution in [2.24, 2.45) is 0 Å². The Hall–Kier alpha value is -3.15. The Morgan fingerprint density at radius 3 is 2.22 bits per heavy atom. The maximum absolute atomic E-state index is 12.2. The SMILES string of the molecule is O=C(NS(=O)(=O)c1ccc(OCC(F)(F)F)cc1)c1ccc(C(=O)O)nc1. The lowest BCUT2D eigenvalue weighted by atomic mass is 10.2. The fourth-order valence-corrected chi connectivity index (χ4v) is 2.75. The Kier molecular flexibility index (Phi) is 5.69. The predicted octanol–water partition coefficient (Wildman–Crippen LogP) is 1.84. The summed E-state index contributed by atoms with van der Waals surface area (Å²) in [5.41, 5.74) is -0.530. The normalized spacial score (nSPS) is 11.7. The maximum Gasteiger partial charge on any atom is 0.422 e. The molecule has 0 bridgehead atoms. The monoisotopic (exact) mass is 404 g/mol. The second-order valence-corrected chi connectivity index (χ2v) is 6.73. The molecule has 1 aromatic carbocycles. The highest BCUT2D eigenvalue weighted by Crippen LogP contribution is 2.20. The highest BCUT2D eigenvalue weighted by atomic mass is 32.2. The molecule has 2 N–H and O–H groups in total. The van der Waals surface area contributed by atoms with Crippen LogP contribution in [0.2, 0.25) is 0 Å². The molecule has 144 valence electrons. The molecule has 0 saturated carbocycles. The van der Waals surface area contributed by atoms with Gasteiger partial charge < -0.3 is 9.84 Å². The number of sulfonamides is 1. The molecule has 0 fully saturated rings. The molecule has 0 spiro atoms. The minimum absolute atomic E-state index is 0.200. The van der Waals surface area contributed by atoms with Gasteiger partial charge in [0.05, 0.1) is 10.5 Å². The summed E-state index contributed by atoms with van der Waals surface area (Å²) in [7, 11) is -4.32. The number of ether oxygens (including phenoxy) is 1. The largest absolute Gasteiger partial charge is 0.484 e. The van der Waals surface area contributed by atoms with Crippen molar-refractivity contribution in [1.29, 1.82) is 0 Å². The van der Waals surface area contributed by atoms with E-state index in [9.17, 15) is 31.2 Å². The van der Waals surface area contributed by atoms with Gasteiger partial charge in [-0.15, -0.1) is 0 Å². The molecule has 1 aromatic heterocycles. The lowest BCUT2D eigenvalue weighted by molar-refractivity contribution is -0.153. The molecule has 1 amide bonds. The van der Waals surface area contributed by atoms with E-state index in [-0.39, 0.29) is 21.9 Å². The van der Waals surface area contributed by atoms with Crippen LogP contribution in [-0.2, 0) is 10.0 Å². The third kappa shape index (κ3) is 5.67. The van der Waals surface area contributed by atoms with Gasteiger partial charge in [-0.3, -0.25) is 4.79 Å². The van der Waals surface area contributed by atoms with Gasteiger partial charge in [0, 0.05) is 6.20 Å². The highest BCUT2D eigenvalue weighted by molar-refractivity contribution is 7.90. The number of carboxylic acids is 1. The summed E-state index contributed by atoms with van der Waals surface area (Å²) in [6, 6.07) is 6.05. The van der Waals surface area contributed by atoms with Crippen LogP contribution in [0, 0.1) is 0 Å². The molecular formula is C15H11F3N2O6S. The van der Waals surface area contributed by atoms with E-state index in [1.54, 1.807) is 4.72 Å². The van der Waals surface area contributed by atoms with E-state index in [1.807, 2.05) is 0 Å². The van der Waals surface area contributed by atoms with Gasteiger partial charge in [-0.25, -0.2) is 22.9 Å². The average molecular weight is 404 g/mol. The van der Waals surface area contributed by atoms with Crippen LogP contribution in [0.1, 0.15) is 20.8 Å². The van der Waals surface area contributed by atoms with Crippen LogP contribution in [-0.4, -0.2) is 43.2 Å².